The molecule has 0 bridgehead atoms. The maximum atomic E-state index is 15.5. The molecular formula is C20H27BF2O4. The van der Waals surface area contributed by atoms with E-state index in [0.717, 1.165) is 0 Å². The lowest BCUT2D eigenvalue weighted by Crippen LogP contribution is -2.41. The smallest absolute Gasteiger partial charge is 0.496 e. The van der Waals surface area contributed by atoms with Crippen molar-refractivity contribution in [2.24, 2.45) is 0 Å². The summed E-state index contributed by atoms with van der Waals surface area (Å²) in [4.78, 5) is 0. The van der Waals surface area contributed by atoms with Gasteiger partial charge in [0.25, 0.3) is 0 Å². The quantitative estimate of drug-likeness (QED) is 0.371. The maximum Gasteiger partial charge on any atom is 0.525 e. The summed E-state index contributed by atoms with van der Waals surface area (Å²) >= 11 is 0. The van der Waals surface area contributed by atoms with Gasteiger partial charge in [-0.25, -0.2) is 8.78 Å². The van der Waals surface area contributed by atoms with E-state index in [9.17, 15) is 4.39 Å². The van der Waals surface area contributed by atoms with Gasteiger partial charge in [-0.15, -0.1) is 6.58 Å². The summed E-state index contributed by atoms with van der Waals surface area (Å²) < 4.78 is 51.7. The second-order valence-corrected chi connectivity index (χ2v) is 7.37. The Bertz CT molecular complexity index is 700. The molecule has 0 aromatic heterocycles. The SMILES string of the molecule is C=CCOCCC(=C(F)B1OC(C)(C)C(C)(C)O1)c1cc(F)ccc1OC. The van der Waals surface area contributed by atoms with Crippen LogP contribution in [0.3, 0.4) is 0 Å². The molecule has 0 N–H and O–H groups in total. The molecule has 0 radical (unpaired) electrons. The largest absolute Gasteiger partial charge is 0.525 e. The van der Waals surface area contributed by atoms with Crippen molar-refractivity contribution in [3.63, 3.8) is 0 Å². The predicted octanol–water partition coefficient (Wildman–Crippen LogP) is 4.74. The zero-order chi connectivity index (χ0) is 20.2. The number of hydrogen-bond acceptors (Lipinski definition) is 4. The van der Waals surface area contributed by atoms with Crippen LogP contribution in [0.4, 0.5) is 8.78 Å². The molecule has 1 fully saturated rings. The zero-order valence-electron chi connectivity index (χ0n) is 16.6. The Morgan fingerprint density at radius 1 is 1.22 bits per heavy atom. The molecule has 2 rings (SSSR count). The molecule has 1 aliphatic rings. The van der Waals surface area contributed by atoms with Crippen molar-refractivity contribution in [1.29, 1.82) is 0 Å². The number of benzene rings is 1. The van der Waals surface area contributed by atoms with Gasteiger partial charge in [0.2, 0.25) is 0 Å². The van der Waals surface area contributed by atoms with Crippen LogP contribution in [-0.2, 0) is 14.0 Å². The van der Waals surface area contributed by atoms with Gasteiger partial charge in [0.15, 0.2) is 0 Å². The first kappa shape index (κ1) is 21.6. The van der Waals surface area contributed by atoms with E-state index in [1.54, 1.807) is 6.08 Å². The first-order valence-electron chi connectivity index (χ1n) is 8.89. The fraction of sp³-hybridized carbons (Fsp3) is 0.500. The van der Waals surface area contributed by atoms with Crippen LogP contribution in [0, 0.1) is 5.82 Å². The van der Waals surface area contributed by atoms with Gasteiger partial charge in [0.05, 0.1) is 31.5 Å². The fourth-order valence-corrected chi connectivity index (χ4v) is 2.73. The third-order valence-electron chi connectivity index (χ3n) is 4.97. The number of ether oxygens (including phenoxy) is 2. The van der Waals surface area contributed by atoms with Crippen molar-refractivity contribution in [2.75, 3.05) is 20.3 Å². The molecule has 0 spiro atoms. The van der Waals surface area contributed by atoms with Gasteiger partial charge in [0.1, 0.15) is 17.3 Å². The summed E-state index contributed by atoms with van der Waals surface area (Å²) in [5, 5.41) is 0. The highest BCUT2D eigenvalue weighted by molar-refractivity contribution is 6.55. The monoisotopic (exact) mass is 380 g/mol. The minimum atomic E-state index is -1.18. The Hall–Kier alpha value is -1.70. The molecule has 27 heavy (non-hydrogen) atoms. The molecule has 0 unspecified atom stereocenters. The van der Waals surface area contributed by atoms with Crippen molar-refractivity contribution >= 4 is 12.7 Å². The van der Waals surface area contributed by atoms with Gasteiger partial charge in [-0.2, -0.15) is 0 Å². The van der Waals surface area contributed by atoms with E-state index >= 15 is 4.39 Å². The Morgan fingerprint density at radius 3 is 2.41 bits per heavy atom. The highest BCUT2D eigenvalue weighted by atomic mass is 19.1. The van der Waals surface area contributed by atoms with Gasteiger partial charge >= 0.3 is 7.12 Å². The lowest BCUT2D eigenvalue weighted by Gasteiger charge is -2.32. The van der Waals surface area contributed by atoms with Crippen LogP contribution in [0.5, 0.6) is 5.75 Å². The lowest BCUT2D eigenvalue weighted by molar-refractivity contribution is 0.00578. The molecule has 1 saturated heterocycles. The molecule has 0 saturated carbocycles. The topological polar surface area (TPSA) is 36.9 Å². The minimum Gasteiger partial charge on any atom is -0.496 e. The molecule has 0 aliphatic carbocycles. The van der Waals surface area contributed by atoms with Crippen LogP contribution in [0.2, 0.25) is 0 Å². The number of rotatable bonds is 8. The minimum absolute atomic E-state index is 0.198. The molecule has 1 heterocycles. The number of hydrogen-bond donors (Lipinski definition) is 0. The number of methoxy groups -OCH3 is 1. The Labute approximate surface area is 160 Å². The second-order valence-electron chi connectivity index (χ2n) is 7.37. The Balaban J connectivity index is 2.44. The number of halogens is 2. The molecule has 1 aliphatic heterocycles. The zero-order valence-corrected chi connectivity index (χ0v) is 16.6. The van der Waals surface area contributed by atoms with Gasteiger partial charge in [-0.3, -0.25) is 0 Å². The van der Waals surface area contributed by atoms with Crippen LogP contribution in [0.25, 0.3) is 5.57 Å². The average Bonchev–Trinajstić information content (AvgIpc) is 2.82. The first-order chi connectivity index (χ1) is 12.6. The summed E-state index contributed by atoms with van der Waals surface area (Å²) in [5.41, 5.74) is -1.45. The third-order valence-corrected chi connectivity index (χ3v) is 4.97. The van der Waals surface area contributed by atoms with E-state index in [4.69, 9.17) is 18.8 Å². The summed E-state index contributed by atoms with van der Waals surface area (Å²) in [6.45, 7) is 11.5. The van der Waals surface area contributed by atoms with Gasteiger partial charge in [-0.05, 0) is 57.9 Å². The van der Waals surface area contributed by atoms with Crippen molar-refractivity contribution in [3.05, 3.63) is 48.0 Å². The van der Waals surface area contributed by atoms with E-state index < -0.39 is 29.9 Å². The van der Waals surface area contributed by atoms with Crippen LogP contribution in [0.1, 0.15) is 39.7 Å². The lowest BCUT2D eigenvalue weighted by atomic mass is 9.81. The van der Waals surface area contributed by atoms with E-state index in [2.05, 4.69) is 6.58 Å². The highest BCUT2D eigenvalue weighted by Gasteiger charge is 2.53. The summed E-state index contributed by atoms with van der Waals surface area (Å²) in [6, 6.07) is 3.97. The summed E-state index contributed by atoms with van der Waals surface area (Å²) in [5.74, 6) is -0.126. The first-order valence-corrected chi connectivity index (χ1v) is 8.89. The average molecular weight is 380 g/mol. The van der Waals surface area contributed by atoms with E-state index in [0.29, 0.717) is 17.9 Å². The summed E-state index contributed by atoms with van der Waals surface area (Å²) in [6.07, 6.45) is 1.81. The van der Waals surface area contributed by atoms with Crippen molar-refractivity contribution in [1.82, 2.24) is 0 Å². The Kier molecular flexibility index (Phi) is 6.84. The van der Waals surface area contributed by atoms with E-state index in [-0.39, 0.29) is 18.6 Å². The normalized spacial score (nSPS) is 19.0. The van der Waals surface area contributed by atoms with Crippen molar-refractivity contribution in [3.8, 4) is 5.75 Å². The third kappa shape index (κ3) is 4.78. The van der Waals surface area contributed by atoms with Gasteiger partial charge < -0.3 is 18.8 Å². The molecule has 7 heteroatoms. The van der Waals surface area contributed by atoms with Crippen LogP contribution >= 0.6 is 0 Å². The van der Waals surface area contributed by atoms with Crippen molar-refractivity contribution in [2.45, 2.75) is 45.3 Å². The van der Waals surface area contributed by atoms with E-state index in [1.807, 2.05) is 27.7 Å². The molecular weight excluding hydrogens is 353 g/mol. The second kappa shape index (κ2) is 8.54. The molecule has 1 aromatic carbocycles. The maximum absolute atomic E-state index is 15.5. The van der Waals surface area contributed by atoms with Gasteiger partial charge in [-0.1, -0.05) is 6.08 Å². The van der Waals surface area contributed by atoms with Crippen LogP contribution in [-0.4, -0.2) is 38.6 Å². The molecule has 148 valence electrons. The standard InChI is InChI=1S/C20H27BF2O4/c1-7-11-25-12-10-15(16-13-14(22)8-9-17(16)24-6)18(23)21-26-19(2,3)20(4,5)27-21/h7-9,13H,1,10-12H2,2-6H3. The molecule has 0 atom stereocenters. The molecule has 0 amide bonds. The van der Waals surface area contributed by atoms with E-state index in [1.165, 1.54) is 25.3 Å². The summed E-state index contributed by atoms with van der Waals surface area (Å²) in [7, 11) is 0.271. The van der Waals surface area contributed by atoms with Crippen molar-refractivity contribution < 1.29 is 27.6 Å². The fourth-order valence-electron chi connectivity index (χ4n) is 2.73. The Morgan fingerprint density at radius 2 is 1.85 bits per heavy atom. The van der Waals surface area contributed by atoms with Crippen LogP contribution in [0.15, 0.2) is 36.6 Å². The van der Waals surface area contributed by atoms with Crippen LogP contribution < -0.4 is 4.74 Å². The molecule has 4 nitrogen and oxygen atoms in total. The highest BCUT2D eigenvalue weighted by Crippen LogP contribution is 2.41. The predicted molar refractivity (Wildman–Crippen MR) is 103 cm³/mol. The molecule has 1 aromatic rings. The van der Waals surface area contributed by atoms with Gasteiger partial charge in [0, 0.05) is 5.56 Å².